The van der Waals surface area contributed by atoms with Crippen molar-refractivity contribution < 1.29 is 22.7 Å². The number of ether oxygens (including phenoxy) is 1. The lowest BCUT2D eigenvalue weighted by molar-refractivity contribution is -0.118. The van der Waals surface area contributed by atoms with Crippen LogP contribution in [0.1, 0.15) is 46.1 Å². The van der Waals surface area contributed by atoms with E-state index in [9.17, 15) is 18.0 Å². The molecule has 2 heterocycles. The van der Waals surface area contributed by atoms with Crippen LogP contribution in [0.4, 0.5) is 5.00 Å². The number of hydrogen-bond acceptors (Lipinski definition) is 6. The molecule has 1 aliphatic carbocycles. The Balaban J connectivity index is 1.51. The summed E-state index contributed by atoms with van der Waals surface area (Å²) in [5.41, 5.74) is 2.39. The number of thiophene rings is 1. The Morgan fingerprint density at radius 2 is 2.00 bits per heavy atom. The van der Waals surface area contributed by atoms with Gasteiger partial charge in [0.1, 0.15) is 10.8 Å². The van der Waals surface area contributed by atoms with E-state index in [0.29, 0.717) is 28.7 Å². The summed E-state index contributed by atoms with van der Waals surface area (Å²) in [5, 5.41) is 6.27. The lowest BCUT2D eigenvalue weighted by atomic mass is 9.88. The monoisotopic (exact) mass is 476 g/mol. The zero-order valence-corrected chi connectivity index (χ0v) is 19.9. The number of anilines is 1. The van der Waals surface area contributed by atoms with E-state index in [-0.39, 0.29) is 29.9 Å². The van der Waals surface area contributed by atoms with Crippen LogP contribution < -0.4 is 15.4 Å². The highest BCUT2D eigenvalue weighted by Crippen LogP contribution is 2.39. The Morgan fingerprint density at radius 1 is 1.22 bits per heavy atom. The summed E-state index contributed by atoms with van der Waals surface area (Å²) in [6.07, 6.45) is 3.04. The molecular formula is C23H28N2O5S2. The number of hydrogen-bond donors (Lipinski definition) is 2. The van der Waals surface area contributed by atoms with Crippen LogP contribution in [-0.4, -0.2) is 44.4 Å². The van der Waals surface area contributed by atoms with E-state index in [1.807, 2.05) is 31.2 Å². The molecule has 172 valence electrons. The Labute approximate surface area is 192 Å². The van der Waals surface area contributed by atoms with Gasteiger partial charge in [-0.3, -0.25) is 9.59 Å². The average molecular weight is 477 g/mol. The maximum atomic E-state index is 13.2. The van der Waals surface area contributed by atoms with Crippen molar-refractivity contribution >= 4 is 38.0 Å². The standard InChI is InChI=1S/C23H28N2O5S2/c1-14-7-8-17-19(11-14)31-23(21(17)22(27)24-16-9-10-32(28,29)13-16)25-20(26)12-30-18-6-4-3-5-15(18)2/h3-6,14,16H,7-13H2,1-2H3,(H,24,27)(H,25,26). The van der Waals surface area contributed by atoms with E-state index in [1.165, 1.54) is 11.3 Å². The molecule has 32 heavy (non-hydrogen) atoms. The van der Waals surface area contributed by atoms with Gasteiger partial charge in [-0.05, 0) is 55.7 Å². The van der Waals surface area contributed by atoms with Gasteiger partial charge in [0.25, 0.3) is 11.8 Å². The molecule has 7 nitrogen and oxygen atoms in total. The largest absolute Gasteiger partial charge is 0.483 e. The highest BCUT2D eigenvalue weighted by atomic mass is 32.2. The summed E-state index contributed by atoms with van der Waals surface area (Å²) < 4.78 is 29.2. The van der Waals surface area contributed by atoms with E-state index < -0.39 is 15.9 Å². The number of nitrogens with one attached hydrogen (secondary N) is 2. The van der Waals surface area contributed by atoms with Gasteiger partial charge in [0.15, 0.2) is 16.4 Å². The third-order valence-electron chi connectivity index (χ3n) is 6.01. The molecule has 0 saturated carbocycles. The summed E-state index contributed by atoms with van der Waals surface area (Å²) >= 11 is 1.44. The maximum absolute atomic E-state index is 13.2. The van der Waals surface area contributed by atoms with E-state index in [4.69, 9.17) is 4.74 Å². The van der Waals surface area contributed by atoms with Crippen LogP contribution in [0.3, 0.4) is 0 Å². The average Bonchev–Trinajstić information content (AvgIpc) is 3.25. The Hall–Kier alpha value is -2.39. The molecule has 1 aliphatic heterocycles. The smallest absolute Gasteiger partial charge is 0.262 e. The van der Waals surface area contributed by atoms with Gasteiger partial charge in [0.2, 0.25) is 0 Å². The molecule has 2 aromatic rings. The van der Waals surface area contributed by atoms with Gasteiger partial charge in [0.05, 0.1) is 17.1 Å². The first-order valence-corrected chi connectivity index (χ1v) is 13.5. The van der Waals surface area contributed by atoms with Crippen LogP contribution in [0.2, 0.25) is 0 Å². The van der Waals surface area contributed by atoms with Gasteiger partial charge >= 0.3 is 0 Å². The van der Waals surface area contributed by atoms with Crippen molar-refractivity contribution in [1.29, 1.82) is 0 Å². The highest BCUT2D eigenvalue weighted by molar-refractivity contribution is 7.91. The Bertz CT molecular complexity index is 1140. The second kappa shape index (κ2) is 9.23. The molecule has 2 N–H and O–H groups in total. The predicted octanol–water partition coefficient (Wildman–Crippen LogP) is 3.12. The topological polar surface area (TPSA) is 102 Å². The number of para-hydroxylation sites is 1. The number of amides is 2. The number of fused-ring (bicyclic) bond motifs is 1. The zero-order valence-electron chi connectivity index (χ0n) is 18.3. The Morgan fingerprint density at radius 3 is 2.72 bits per heavy atom. The number of aryl methyl sites for hydroxylation is 1. The predicted molar refractivity (Wildman–Crippen MR) is 125 cm³/mol. The lowest BCUT2D eigenvalue weighted by Crippen LogP contribution is -2.36. The third kappa shape index (κ3) is 5.15. The molecule has 2 unspecified atom stereocenters. The minimum atomic E-state index is -3.10. The van der Waals surface area contributed by atoms with Gasteiger partial charge in [-0.15, -0.1) is 11.3 Å². The molecule has 0 bridgehead atoms. The van der Waals surface area contributed by atoms with Crippen molar-refractivity contribution in [3.63, 3.8) is 0 Å². The van der Waals surface area contributed by atoms with Gasteiger partial charge in [-0.2, -0.15) is 0 Å². The molecule has 0 spiro atoms. The van der Waals surface area contributed by atoms with Crippen molar-refractivity contribution in [3.05, 3.63) is 45.8 Å². The van der Waals surface area contributed by atoms with E-state index in [0.717, 1.165) is 35.3 Å². The molecule has 1 aromatic carbocycles. The second-order valence-corrected chi connectivity index (χ2v) is 12.1. The van der Waals surface area contributed by atoms with Crippen LogP contribution in [-0.2, 0) is 27.5 Å². The van der Waals surface area contributed by atoms with Gasteiger partial charge < -0.3 is 15.4 Å². The number of benzene rings is 1. The van der Waals surface area contributed by atoms with Crippen LogP contribution in [0, 0.1) is 12.8 Å². The van der Waals surface area contributed by atoms with E-state index in [2.05, 4.69) is 17.6 Å². The number of sulfone groups is 1. The van der Waals surface area contributed by atoms with Crippen molar-refractivity contribution in [3.8, 4) is 5.75 Å². The zero-order chi connectivity index (χ0) is 22.9. The normalized spacial score (nSPS) is 21.6. The molecular weight excluding hydrogens is 448 g/mol. The molecule has 2 atom stereocenters. The van der Waals surface area contributed by atoms with Gasteiger partial charge in [-0.25, -0.2) is 8.42 Å². The fourth-order valence-corrected chi connectivity index (χ4v) is 7.37. The van der Waals surface area contributed by atoms with E-state index in [1.54, 1.807) is 0 Å². The number of rotatable bonds is 6. The fourth-order valence-electron chi connectivity index (χ4n) is 4.27. The molecule has 2 amide bonds. The Kier molecular flexibility index (Phi) is 6.57. The second-order valence-electron chi connectivity index (χ2n) is 8.73. The molecule has 1 aromatic heterocycles. The third-order valence-corrected chi connectivity index (χ3v) is 8.95. The van der Waals surface area contributed by atoms with Crippen LogP contribution in [0.25, 0.3) is 0 Å². The molecule has 1 saturated heterocycles. The lowest BCUT2D eigenvalue weighted by Gasteiger charge is -2.19. The quantitative estimate of drug-likeness (QED) is 0.667. The number of carbonyl (C=O) groups is 2. The van der Waals surface area contributed by atoms with Crippen LogP contribution in [0.5, 0.6) is 5.75 Å². The van der Waals surface area contributed by atoms with Crippen molar-refractivity contribution in [2.45, 2.75) is 45.6 Å². The molecule has 0 radical (unpaired) electrons. The molecule has 9 heteroatoms. The summed E-state index contributed by atoms with van der Waals surface area (Å²) in [4.78, 5) is 26.9. The molecule has 4 rings (SSSR count). The van der Waals surface area contributed by atoms with Crippen LogP contribution in [0.15, 0.2) is 24.3 Å². The summed E-state index contributed by atoms with van der Waals surface area (Å²) in [7, 11) is -3.10. The van der Waals surface area contributed by atoms with Gasteiger partial charge in [0, 0.05) is 10.9 Å². The minimum absolute atomic E-state index is 0.0337. The first-order valence-electron chi connectivity index (χ1n) is 10.9. The first kappa shape index (κ1) is 22.8. The molecule has 1 fully saturated rings. The SMILES string of the molecule is Cc1ccccc1OCC(=O)Nc1sc2c(c1C(=O)NC1CCS(=O)(=O)C1)CCC(C)C2. The highest BCUT2D eigenvalue weighted by Gasteiger charge is 2.33. The van der Waals surface area contributed by atoms with E-state index >= 15 is 0 Å². The first-order chi connectivity index (χ1) is 15.2. The van der Waals surface area contributed by atoms with Crippen LogP contribution >= 0.6 is 11.3 Å². The van der Waals surface area contributed by atoms with Gasteiger partial charge in [-0.1, -0.05) is 25.1 Å². The minimum Gasteiger partial charge on any atom is -0.483 e. The van der Waals surface area contributed by atoms with Crippen molar-refractivity contribution in [1.82, 2.24) is 5.32 Å². The summed E-state index contributed by atoms with van der Waals surface area (Å²) in [5.74, 6) is 0.574. The summed E-state index contributed by atoms with van der Waals surface area (Å²) in [6.45, 7) is 3.93. The number of carbonyl (C=O) groups excluding carboxylic acids is 2. The summed E-state index contributed by atoms with van der Waals surface area (Å²) in [6, 6.07) is 7.08. The fraction of sp³-hybridized carbons (Fsp3) is 0.478. The molecule has 2 aliphatic rings. The van der Waals surface area contributed by atoms with Crippen molar-refractivity contribution in [2.75, 3.05) is 23.4 Å². The maximum Gasteiger partial charge on any atom is 0.262 e. The van der Waals surface area contributed by atoms with Crippen molar-refractivity contribution in [2.24, 2.45) is 5.92 Å².